The lowest BCUT2D eigenvalue weighted by atomic mass is 10.2. The molecule has 0 atom stereocenters. The lowest BCUT2D eigenvalue weighted by Gasteiger charge is -2.06. The van der Waals surface area contributed by atoms with Crippen LogP contribution < -0.4 is 4.74 Å². The van der Waals surface area contributed by atoms with Gasteiger partial charge in [0.1, 0.15) is 18.2 Å². The van der Waals surface area contributed by atoms with Crippen LogP contribution in [0.1, 0.15) is 5.56 Å². The molecule has 0 aliphatic heterocycles. The highest BCUT2D eigenvalue weighted by Gasteiger charge is 2.00. The van der Waals surface area contributed by atoms with Crippen LogP contribution in [0, 0.1) is 5.82 Å². The molecule has 3 rings (SSSR count). The fourth-order valence-corrected chi connectivity index (χ4v) is 1.78. The summed E-state index contributed by atoms with van der Waals surface area (Å²) in [5, 5.41) is 2.05. The molecule has 0 amide bonds. The highest BCUT2D eigenvalue weighted by molar-refractivity contribution is 5.82. The molecule has 2 nitrogen and oxygen atoms in total. The largest absolute Gasteiger partial charge is 0.489 e. The van der Waals surface area contributed by atoms with Crippen molar-refractivity contribution in [2.45, 2.75) is 6.61 Å². The van der Waals surface area contributed by atoms with Gasteiger partial charge < -0.3 is 9.15 Å². The van der Waals surface area contributed by atoms with Crippen molar-refractivity contribution >= 4 is 10.8 Å². The van der Waals surface area contributed by atoms with Crippen LogP contribution in [0.3, 0.4) is 0 Å². The average molecular weight is 242 g/mol. The standard InChI is InChI=1S/C15H11FO2/c16-14-4-1-11(2-5-14)8-18-15-6-3-12-9-17-10-13(12)7-15/h1-7,9-10H,8H2. The minimum absolute atomic E-state index is 0.237. The molecule has 3 heteroatoms. The van der Waals surface area contributed by atoms with Crippen molar-refractivity contribution in [1.82, 2.24) is 0 Å². The second kappa shape index (κ2) is 4.53. The summed E-state index contributed by atoms with van der Waals surface area (Å²) in [6.45, 7) is 0.420. The Morgan fingerprint density at radius 1 is 0.944 bits per heavy atom. The van der Waals surface area contributed by atoms with E-state index in [1.807, 2.05) is 18.2 Å². The normalized spacial score (nSPS) is 10.7. The van der Waals surface area contributed by atoms with E-state index in [0.717, 1.165) is 22.1 Å². The van der Waals surface area contributed by atoms with Crippen molar-refractivity contribution in [3.05, 3.63) is 66.4 Å². The molecule has 0 aliphatic carbocycles. The van der Waals surface area contributed by atoms with Gasteiger partial charge in [-0.15, -0.1) is 0 Å². The van der Waals surface area contributed by atoms with E-state index >= 15 is 0 Å². The molecule has 90 valence electrons. The van der Waals surface area contributed by atoms with Crippen molar-refractivity contribution in [3.63, 3.8) is 0 Å². The summed E-state index contributed by atoms with van der Waals surface area (Å²) in [6.07, 6.45) is 3.37. The molecule has 2 aromatic carbocycles. The predicted molar refractivity (Wildman–Crippen MR) is 66.9 cm³/mol. The van der Waals surface area contributed by atoms with Gasteiger partial charge >= 0.3 is 0 Å². The average Bonchev–Trinajstić information content (AvgIpc) is 2.85. The lowest BCUT2D eigenvalue weighted by Crippen LogP contribution is -1.95. The first-order valence-corrected chi connectivity index (χ1v) is 5.64. The summed E-state index contributed by atoms with van der Waals surface area (Å²) in [7, 11) is 0. The van der Waals surface area contributed by atoms with Crippen LogP contribution in [-0.2, 0) is 6.61 Å². The number of halogens is 1. The predicted octanol–water partition coefficient (Wildman–Crippen LogP) is 4.15. The van der Waals surface area contributed by atoms with Gasteiger partial charge in [-0.3, -0.25) is 0 Å². The summed E-state index contributed by atoms with van der Waals surface area (Å²) in [5.41, 5.74) is 0.934. The molecule has 0 spiro atoms. The molecule has 18 heavy (non-hydrogen) atoms. The molecule has 0 saturated heterocycles. The number of benzene rings is 2. The summed E-state index contributed by atoms with van der Waals surface area (Å²) in [4.78, 5) is 0. The van der Waals surface area contributed by atoms with Gasteiger partial charge in [0.15, 0.2) is 0 Å². The van der Waals surface area contributed by atoms with Crippen molar-refractivity contribution in [2.24, 2.45) is 0 Å². The van der Waals surface area contributed by atoms with Crippen molar-refractivity contribution in [2.75, 3.05) is 0 Å². The SMILES string of the molecule is Fc1ccc(COc2ccc3cocc3c2)cc1. The Kier molecular flexibility index (Phi) is 2.73. The zero-order valence-electron chi connectivity index (χ0n) is 9.60. The van der Waals surface area contributed by atoms with E-state index in [1.165, 1.54) is 12.1 Å². The molecule has 0 N–H and O–H groups in total. The minimum atomic E-state index is -0.237. The molecular formula is C15H11FO2. The molecule has 0 aliphatic rings. The highest BCUT2D eigenvalue weighted by Crippen LogP contribution is 2.22. The summed E-state index contributed by atoms with van der Waals surface area (Å²) in [5.74, 6) is 0.534. The Hall–Kier alpha value is -2.29. The van der Waals surface area contributed by atoms with E-state index in [0.29, 0.717) is 6.61 Å². The van der Waals surface area contributed by atoms with E-state index in [1.54, 1.807) is 24.7 Å². The molecule has 1 aromatic heterocycles. The number of fused-ring (bicyclic) bond motifs is 1. The molecule has 0 radical (unpaired) electrons. The first kappa shape index (κ1) is 10.8. The molecule has 0 bridgehead atoms. The zero-order valence-corrected chi connectivity index (χ0v) is 9.60. The van der Waals surface area contributed by atoms with Gasteiger partial charge in [0, 0.05) is 10.8 Å². The van der Waals surface area contributed by atoms with Crippen LogP contribution in [0.15, 0.2) is 59.4 Å². The Morgan fingerprint density at radius 2 is 1.72 bits per heavy atom. The van der Waals surface area contributed by atoms with Gasteiger partial charge in [-0.2, -0.15) is 0 Å². The van der Waals surface area contributed by atoms with Gasteiger partial charge in [0.05, 0.1) is 12.5 Å². The van der Waals surface area contributed by atoms with Gasteiger partial charge in [-0.05, 0) is 35.9 Å². The quantitative estimate of drug-likeness (QED) is 0.688. The lowest BCUT2D eigenvalue weighted by molar-refractivity contribution is 0.306. The van der Waals surface area contributed by atoms with E-state index in [-0.39, 0.29) is 5.82 Å². The first-order valence-electron chi connectivity index (χ1n) is 5.64. The third-order valence-electron chi connectivity index (χ3n) is 2.77. The van der Waals surface area contributed by atoms with Crippen LogP contribution in [0.5, 0.6) is 5.75 Å². The van der Waals surface area contributed by atoms with Crippen LogP contribution in [0.25, 0.3) is 10.8 Å². The third-order valence-corrected chi connectivity index (χ3v) is 2.77. The van der Waals surface area contributed by atoms with Crippen LogP contribution in [0.2, 0.25) is 0 Å². The molecular weight excluding hydrogens is 231 g/mol. The van der Waals surface area contributed by atoms with Crippen LogP contribution in [0.4, 0.5) is 4.39 Å². The maximum atomic E-state index is 12.7. The minimum Gasteiger partial charge on any atom is -0.489 e. The van der Waals surface area contributed by atoms with Gasteiger partial charge in [0.2, 0.25) is 0 Å². The summed E-state index contributed by atoms with van der Waals surface area (Å²) < 4.78 is 23.5. The molecule has 0 unspecified atom stereocenters. The van der Waals surface area contributed by atoms with E-state index in [9.17, 15) is 4.39 Å². The molecule has 3 aromatic rings. The Bertz CT molecular complexity index is 656. The highest BCUT2D eigenvalue weighted by atomic mass is 19.1. The van der Waals surface area contributed by atoms with Crippen molar-refractivity contribution in [1.29, 1.82) is 0 Å². The van der Waals surface area contributed by atoms with Crippen LogP contribution >= 0.6 is 0 Å². The molecule has 0 fully saturated rings. The fraction of sp³-hybridized carbons (Fsp3) is 0.0667. The monoisotopic (exact) mass is 242 g/mol. The maximum Gasteiger partial charge on any atom is 0.123 e. The third kappa shape index (κ3) is 2.20. The fourth-order valence-electron chi connectivity index (χ4n) is 1.78. The smallest absolute Gasteiger partial charge is 0.123 e. The number of rotatable bonds is 3. The van der Waals surface area contributed by atoms with Gasteiger partial charge in [-0.1, -0.05) is 12.1 Å². The van der Waals surface area contributed by atoms with Gasteiger partial charge in [-0.25, -0.2) is 4.39 Å². The first-order chi connectivity index (χ1) is 8.81. The Morgan fingerprint density at radius 3 is 2.56 bits per heavy atom. The van der Waals surface area contributed by atoms with Gasteiger partial charge in [0.25, 0.3) is 0 Å². The zero-order chi connectivity index (χ0) is 12.4. The van der Waals surface area contributed by atoms with Crippen molar-refractivity contribution < 1.29 is 13.5 Å². The maximum absolute atomic E-state index is 12.7. The van der Waals surface area contributed by atoms with E-state index < -0.39 is 0 Å². The number of hydrogen-bond acceptors (Lipinski definition) is 2. The molecule has 1 heterocycles. The second-order valence-corrected chi connectivity index (χ2v) is 4.08. The summed E-state index contributed by atoms with van der Waals surface area (Å²) in [6, 6.07) is 12.0. The Balaban J connectivity index is 1.74. The topological polar surface area (TPSA) is 22.4 Å². The number of hydrogen-bond donors (Lipinski definition) is 0. The van der Waals surface area contributed by atoms with E-state index in [2.05, 4.69) is 0 Å². The van der Waals surface area contributed by atoms with E-state index in [4.69, 9.17) is 9.15 Å². The number of furan rings is 1. The second-order valence-electron chi connectivity index (χ2n) is 4.08. The Labute approximate surface area is 104 Å². The molecule has 0 saturated carbocycles. The van der Waals surface area contributed by atoms with Crippen molar-refractivity contribution in [3.8, 4) is 5.75 Å². The van der Waals surface area contributed by atoms with Crippen LogP contribution in [-0.4, -0.2) is 0 Å². The number of ether oxygens (including phenoxy) is 1. The summed E-state index contributed by atoms with van der Waals surface area (Å²) >= 11 is 0.